The number of fused-ring (bicyclic) bond motifs is 1. The zero-order valence-electron chi connectivity index (χ0n) is 19.1. The molecule has 1 fully saturated rings. The van der Waals surface area contributed by atoms with E-state index < -0.39 is 46.1 Å². The van der Waals surface area contributed by atoms with Crippen LogP contribution in [0.15, 0.2) is 53.1 Å². The summed E-state index contributed by atoms with van der Waals surface area (Å²) in [5, 5.41) is 9.51. The Morgan fingerprint density at radius 2 is 1.89 bits per heavy atom. The molecule has 0 spiro atoms. The molecule has 190 valence electrons. The molecular formula is C23H26F3N3O5S. The van der Waals surface area contributed by atoms with Crippen molar-refractivity contribution in [2.75, 3.05) is 18.0 Å². The molecule has 1 N–H and O–H groups in total. The van der Waals surface area contributed by atoms with Gasteiger partial charge in [-0.05, 0) is 56.4 Å². The van der Waals surface area contributed by atoms with Crippen molar-refractivity contribution in [1.29, 1.82) is 0 Å². The van der Waals surface area contributed by atoms with Crippen LogP contribution in [0.3, 0.4) is 0 Å². The molecule has 3 aliphatic rings. The molecule has 0 saturated carbocycles. The molecule has 4 unspecified atom stereocenters. The molecule has 1 aliphatic heterocycles. The van der Waals surface area contributed by atoms with E-state index in [0.717, 1.165) is 6.20 Å². The maximum absolute atomic E-state index is 13.8. The second-order valence-corrected chi connectivity index (χ2v) is 10.9. The Kier molecular flexibility index (Phi) is 6.71. The number of allylic oxidation sites excluding steroid dienone is 5. The first-order valence-electron chi connectivity index (χ1n) is 11.2. The number of hydrogen-bond donors (Lipinski definition) is 1. The summed E-state index contributed by atoms with van der Waals surface area (Å²) in [6.07, 6.45) is 3.62. The predicted octanol–water partition coefficient (Wildman–Crippen LogP) is 3.70. The van der Waals surface area contributed by atoms with Crippen LogP contribution in [0.2, 0.25) is 0 Å². The minimum absolute atomic E-state index is 0.112. The Labute approximate surface area is 201 Å². The largest absolute Gasteiger partial charge is 0.573 e. The van der Waals surface area contributed by atoms with Gasteiger partial charge in [0.05, 0.1) is 17.0 Å². The highest BCUT2D eigenvalue weighted by molar-refractivity contribution is 7.93. The number of anilines is 1. The molecule has 4 atom stereocenters. The number of sulfonamides is 1. The first-order valence-corrected chi connectivity index (χ1v) is 12.6. The van der Waals surface area contributed by atoms with E-state index in [0.29, 0.717) is 17.8 Å². The van der Waals surface area contributed by atoms with E-state index in [1.807, 2.05) is 17.1 Å². The van der Waals surface area contributed by atoms with Gasteiger partial charge in [-0.3, -0.25) is 4.79 Å². The fourth-order valence-corrected chi connectivity index (χ4v) is 7.10. The average Bonchev–Trinajstić information content (AvgIpc) is 2.89. The summed E-state index contributed by atoms with van der Waals surface area (Å²) in [5.41, 5.74) is 0.516. The van der Waals surface area contributed by atoms with Crippen molar-refractivity contribution < 1.29 is 36.2 Å². The SMILES string of the molecule is CC1CN(c2ccc(OC(F)(F)F)cn2)CC(C)N1S(=O)(=O)C1=CC=CC2C=C1CC(C(=O)O)C2. The van der Waals surface area contributed by atoms with Crippen molar-refractivity contribution in [3.8, 4) is 5.75 Å². The zero-order chi connectivity index (χ0) is 25.5. The van der Waals surface area contributed by atoms with Gasteiger partial charge in [-0.1, -0.05) is 18.2 Å². The van der Waals surface area contributed by atoms with E-state index in [1.54, 1.807) is 19.9 Å². The van der Waals surface area contributed by atoms with E-state index >= 15 is 0 Å². The standard InChI is InChI=1S/C23H26F3N3O5S/c1-14-12-28(21-7-6-19(11-27-21)34-23(24,25)26)13-15(2)29(14)35(32,33)20-5-3-4-16-8-17(20)10-18(9-16)22(30)31/h3-8,11,14-16,18H,9-10,12-13H2,1-2H3,(H,30,31). The fraction of sp³-hybridized carbons (Fsp3) is 0.478. The van der Waals surface area contributed by atoms with Crippen LogP contribution < -0.4 is 9.64 Å². The van der Waals surface area contributed by atoms with Crippen LogP contribution in [0.25, 0.3) is 0 Å². The number of pyridine rings is 1. The molecule has 0 radical (unpaired) electrons. The molecule has 12 heteroatoms. The lowest BCUT2D eigenvalue weighted by molar-refractivity contribution is -0.274. The van der Waals surface area contributed by atoms with Gasteiger partial charge in [-0.2, -0.15) is 4.31 Å². The maximum atomic E-state index is 13.8. The van der Waals surface area contributed by atoms with Gasteiger partial charge >= 0.3 is 12.3 Å². The molecule has 8 nitrogen and oxygen atoms in total. The van der Waals surface area contributed by atoms with Crippen LogP contribution in [0.5, 0.6) is 5.75 Å². The molecule has 35 heavy (non-hydrogen) atoms. The molecule has 1 aromatic heterocycles. The third-order valence-electron chi connectivity index (χ3n) is 6.38. The van der Waals surface area contributed by atoms with Crippen molar-refractivity contribution in [3.05, 3.63) is 53.1 Å². The molecule has 1 aromatic rings. The number of rotatable bonds is 5. The maximum Gasteiger partial charge on any atom is 0.573 e. The minimum atomic E-state index is -4.81. The Morgan fingerprint density at radius 1 is 1.20 bits per heavy atom. The van der Waals surface area contributed by atoms with Gasteiger partial charge in [-0.25, -0.2) is 13.4 Å². The third-order valence-corrected chi connectivity index (χ3v) is 8.61. The van der Waals surface area contributed by atoms with Gasteiger partial charge in [0.2, 0.25) is 10.0 Å². The number of alkyl halides is 3. The van der Waals surface area contributed by atoms with Crippen LogP contribution in [0.1, 0.15) is 26.7 Å². The monoisotopic (exact) mass is 513 g/mol. The average molecular weight is 514 g/mol. The van der Waals surface area contributed by atoms with Crippen LogP contribution in [0.4, 0.5) is 19.0 Å². The zero-order valence-corrected chi connectivity index (χ0v) is 20.0. The quantitative estimate of drug-likeness (QED) is 0.641. The van der Waals surface area contributed by atoms with E-state index in [2.05, 4.69) is 9.72 Å². The van der Waals surface area contributed by atoms with Crippen LogP contribution in [-0.2, 0) is 14.8 Å². The predicted molar refractivity (Wildman–Crippen MR) is 122 cm³/mol. The number of aromatic nitrogens is 1. The number of piperazine rings is 1. The number of carboxylic acids is 1. The highest BCUT2D eigenvalue weighted by Gasteiger charge is 2.42. The Morgan fingerprint density at radius 3 is 2.46 bits per heavy atom. The van der Waals surface area contributed by atoms with Gasteiger partial charge in [0.1, 0.15) is 11.6 Å². The van der Waals surface area contributed by atoms with Crippen molar-refractivity contribution in [3.63, 3.8) is 0 Å². The molecule has 1 saturated heterocycles. The number of hydrogen-bond acceptors (Lipinski definition) is 6. The van der Waals surface area contributed by atoms with Gasteiger partial charge < -0.3 is 14.7 Å². The van der Waals surface area contributed by atoms with Crippen LogP contribution in [-0.4, -0.2) is 60.3 Å². The summed E-state index contributed by atoms with van der Waals surface area (Å²) in [6, 6.07) is 1.63. The van der Waals surface area contributed by atoms with Gasteiger partial charge in [-0.15, -0.1) is 13.2 Å². The number of ether oxygens (including phenoxy) is 1. The molecule has 4 rings (SSSR count). The lowest BCUT2D eigenvalue weighted by atomic mass is 9.83. The molecule has 0 amide bonds. The van der Waals surface area contributed by atoms with E-state index in [4.69, 9.17) is 0 Å². The third kappa shape index (κ3) is 5.37. The summed E-state index contributed by atoms with van der Waals surface area (Å²) in [7, 11) is -3.95. The highest BCUT2D eigenvalue weighted by Crippen LogP contribution is 2.39. The summed E-state index contributed by atoms with van der Waals surface area (Å²) < 4.78 is 70.1. The lowest BCUT2D eigenvalue weighted by Gasteiger charge is -2.44. The van der Waals surface area contributed by atoms with Crippen molar-refractivity contribution in [1.82, 2.24) is 9.29 Å². The second-order valence-electron chi connectivity index (χ2n) is 9.08. The number of carboxylic acid groups (broad SMARTS) is 1. The first kappa shape index (κ1) is 25.2. The fourth-order valence-electron chi connectivity index (χ4n) is 5.06. The Bertz CT molecular complexity index is 1170. The van der Waals surface area contributed by atoms with Crippen molar-refractivity contribution in [2.45, 2.75) is 45.1 Å². The topological polar surface area (TPSA) is 100 Å². The van der Waals surface area contributed by atoms with E-state index in [1.165, 1.54) is 22.5 Å². The molecule has 2 heterocycles. The number of carbonyl (C=O) groups is 1. The lowest BCUT2D eigenvalue weighted by Crippen LogP contribution is -2.59. The van der Waals surface area contributed by atoms with E-state index in [-0.39, 0.29) is 30.3 Å². The molecule has 2 bridgehead atoms. The van der Waals surface area contributed by atoms with E-state index in [9.17, 15) is 31.5 Å². The molecule has 2 aliphatic carbocycles. The normalized spacial score (nSPS) is 27.6. The summed E-state index contributed by atoms with van der Waals surface area (Å²) in [5.74, 6) is -1.75. The summed E-state index contributed by atoms with van der Waals surface area (Å²) in [4.78, 5) is 17.6. The van der Waals surface area contributed by atoms with Crippen LogP contribution >= 0.6 is 0 Å². The molecular weight excluding hydrogens is 487 g/mol. The summed E-state index contributed by atoms with van der Waals surface area (Å²) >= 11 is 0. The van der Waals surface area contributed by atoms with Crippen molar-refractivity contribution in [2.24, 2.45) is 11.8 Å². The summed E-state index contributed by atoms with van der Waals surface area (Å²) in [6.45, 7) is 4.07. The van der Waals surface area contributed by atoms with Crippen LogP contribution in [0, 0.1) is 11.8 Å². The van der Waals surface area contributed by atoms with Gasteiger partial charge in [0.15, 0.2) is 0 Å². The number of nitrogens with zero attached hydrogens (tertiary/aromatic N) is 3. The second kappa shape index (κ2) is 9.30. The van der Waals surface area contributed by atoms with Crippen molar-refractivity contribution >= 4 is 21.8 Å². The minimum Gasteiger partial charge on any atom is -0.481 e. The van der Waals surface area contributed by atoms with Gasteiger partial charge in [0.25, 0.3) is 0 Å². The first-order chi connectivity index (χ1) is 16.3. The number of aliphatic carboxylic acids is 1. The highest BCUT2D eigenvalue weighted by atomic mass is 32.2. The molecule has 0 aromatic carbocycles. The Hall–Kier alpha value is -2.86. The van der Waals surface area contributed by atoms with Gasteiger partial charge in [0, 0.05) is 25.2 Å². The Balaban J connectivity index is 1.53. The smallest absolute Gasteiger partial charge is 0.481 e. The number of halogens is 3.